The Bertz CT molecular complexity index is 1320. The van der Waals surface area contributed by atoms with Gasteiger partial charge in [-0.3, -0.25) is 0 Å². The number of nitrogens with two attached hydrogens (primary N) is 1. The minimum Gasteiger partial charge on any atom is -0.497 e. The van der Waals surface area contributed by atoms with Crippen molar-refractivity contribution in [2.75, 3.05) is 7.11 Å². The molecule has 176 valence electrons. The number of carbonyl (C=O) groups excluding carboxylic acids is 1. The fraction of sp³-hybridized carbons (Fsp3) is 0.0714. The maximum Gasteiger partial charge on any atom is 0.365 e. The van der Waals surface area contributed by atoms with Crippen LogP contribution < -0.4 is 15.2 Å². The fourth-order valence-electron chi connectivity index (χ4n) is 3.36. The van der Waals surface area contributed by atoms with E-state index in [1.54, 1.807) is 13.2 Å². The van der Waals surface area contributed by atoms with Crippen molar-refractivity contribution >= 4 is 11.8 Å². The molecule has 4 aromatic carbocycles. The van der Waals surface area contributed by atoms with Gasteiger partial charge in [0.2, 0.25) is 0 Å². The van der Waals surface area contributed by atoms with Crippen LogP contribution in [0.1, 0.15) is 21.5 Å². The van der Waals surface area contributed by atoms with Gasteiger partial charge in [0, 0.05) is 5.56 Å². The lowest BCUT2D eigenvalue weighted by Crippen LogP contribution is -2.16. The highest BCUT2D eigenvalue weighted by Crippen LogP contribution is 2.26. The summed E-state index contributed by atoms with van der Waals surface area (Å²) in [6, 6.07) is 27.6. The van der Waals surface area contributed by atoms with Crippen LogP contribution in [0.5, 0.6) is 11.5 Å². The summed E-state index contributed by atoms with van der Waals surface area (Å²) in [7, 11) is 1.63. The molecule has 4 aromatic rings. The molecular formula is C28H23FN2O4. The van der Waals surface area contributed by atoms with E-state index in [1.807, 2.05) is 66.7 Å². The Labute approximate surface area is 202 Å². The van der Waals surface area contributed by atoms with E-state index < -0.39 is 11.8 Å². The SMILES string of the molecule is COc1ccc(COc2ccc(-c3ccccc3C(N)=NOC(=O)c3ccc(F)cc3)cc2)cc1. The van der Waals surface area contributed by atoms with Crippen molar-refractivity contribution in [3.63, 3.8) is 0 Å². The van der Waals surface area contributed by atoms with E-state index >= 15 is 0 Å². The molecular weight excluding hydrogens is 447 g/mol. The van der Waals surface area contributed by atoms with E-state index in [-0.39, 0.29) is 11.4 Å². The van der Waals surface area contributed by atoms with Crippen LogP contribution in [0.3, 0.4) is 0 Å². The first-order valence-electron chi connectivity index (χ1n) is 10.8. The van der Waals surface area contributed by atoms with Crippen LogP contribution in [-0.2, 0) is 11.4 Å². The summed E-state index contributed by atoms with van der Waals surface area (Å²) in [6.07, 6.45) is 0. The quantitative estimate of drug-likeness (QED) is 0.158. The number of nitrogens with zero attached hydrogens (tertiary/aromatic N) is 1. The third kappa shape index (κ3) is 6.03. The number of hydrogen-bond acceptors (Lipinski definition) is 5. The zero-order valence-electron chi connectivity index (χ0n) is 19.0. The molecule has 0 aliphatic carbocycles. The topological polar surface area (TPSA) is 83.1 Å². The molecule has 0 saturated heterocycles. The Morgan fingerprint density at radius 1 is 0.857 bits per heavy atom. The zero-order chi connectivity index (χ0) is 24.6. The van der Waals surface area contributed by atoms with E-state index in [0.717, 1.165) is 28.2 Å². The second-order valence-electron chi connectivity index (χ2n) is 7.57. The monoisotopic (exact) mass is 470 g/mol. The second kappa shape index (κ2) is 11.0. The van der Waals surface area contributed by atoms with Gasteiger partial charge in [0.1, 0.15) is 23.9 Å². The number of hydrogen-bond donors (Lipinski definition) is 1. The molecule has 0 aromatic heterocycles. The summed E-state index contributed by atoms with van der Waals surface area (Å²) in [5.74, 6) is 0.372. The molecule has 0 bridgehead atoms. The highest BCUT2D eigenvalue weighted by Gasteiger charge is 2.12. The Balaban J connectivity index is 1.45. The van der Waals surface area contributed by atoms with Gasteiger partial charge < -0.3 is 20.0 Å². The van der Waals surface area contributed by atoms with Gasteiger partial charge >= 0.3 is 5.97 Å². The summed E-state index contributed by atoms with van der Waals surface area (Å²) >= 11 is 0. The van der Waals surface area contributed by atoms with Crippen molar-refractivity contribution in [1.29, 1.82) is 0 Å². The molecule has 0 aliphatic rings. The van der Waals surface area contributed by atoms with E-state index in [1.165, 1.54) is 24.3 Å². The lowest BCUT2D eigenvalue weighted by Gasteiger charge is -2.11. The van der Waals surface area contributed by atoms with Crippen LogP contribution in [-0.4, -0.2) is 18.9 Å². The molecule has 0 radical (unpaired) electrons. The molecule has 35 heavy (non-hydrogen) atoms. The van der Waals surface area contributed by atoms with Gasteiger partial charge in [0.25, 0.3) is 0 Å². The molecule has 2 N–H and O–H groups in total. The van der Waals surface area contributed by atoms with Crippen LogP contribution in [0.2, 0.25) is 0 Å². The molecule has 0 aliphatic heterocycles. The smallest absolute Gasteiger partial charge is 0.365 e. The largest absolute Gasteiger partial charge is 0.497 e. The van der Waals surface area contributed by atoms with Crippen LogP contribution in [0.15, 0.2) is 102 Å². The summed E-state index contributed by atoms with van der Waals surface area (Å²) in [6.45, 7) is 0.430. The molecule has 0 saturated carbocycles. The Morgan fingerprint density at radius 2 is 1.51 bits per heavy atom. The lowest BCUT2D eigenvalue weighted by molar-refractivity contribution is 0.0516. The first kappa shape index (κ1) is 23.5. The maximum absolute atomic E-state index is 13.1. The number of methoxy groups -OCH3 is 1. The normalized spacial score (nSPS) is 11.1. The van der Waals surface area contributed by atoms with Gasteiger partial charge in [-0.1, -0.05) is 53.7 Å². The van der Waals surface area contributed by atoms with Gasteiger partial charge in [-0.05, 0) is 65.2 Å². The van der Waals surface area contributed by atoms with Crippen molar-refractivity contribution in [2.24, 2.45) is 10.9 Å². The predicted molar refractivity (Wildman–Crippen MR) is 132 cm³/mol. The number of amidine groups is 1. The van der Waals surface area contributed by atoms with E-state index in [9.17, 15) is 9.18 Å². The number of carbonyl (C=O) groups is 1. The molecule has 0 fully saturated rings. The van der Waals surface area contributed by atoms with Crippen LogP contribution in [0.25, 0.3) is 11.1 Å². The van der Waals surface area contributed by atoms with Gasteiger partial charge in [-0.15, -0.1) is 0 Å². The Kier molecular flexibility index (Phi) is 7.37. The molecule has 0 unspecified atom stereocenters. The number of oxime groups is 1. The molecule has 0 atom stereocenters. The first-order valence-corrected chi connectivity index (χ1v) is 10.8. The van der Waals surface area contributed by atoms with Crippen LogP contribution in [0.4, 0.5) is 4.39 Å². The minimum atomic E-state index is -0.733. The van der Waals surface area contributed by atoms with Gasteiger partial charge in [0.05, 0.1) is 12.7 Å². The van der Waals surface area contributed by atoms with Crippen molar-refractivity contribution in [3.8, 4) is 22.6 Å². The van der Waals surface area contributed by atoms with E-state index in [2.05, 4.69) is 5.16 Å². The molecule has 0 heterocycles. The van der Waals surface area contributed by atoms with E-state index in [4.69, 9.17) is 20.0 Å². The summed E-state index contributed by atoms with van der Waals surface area (Å²) in [5.41, 5.74) is 9.63. The predicted octanol–water partition coefficient (Wildman–Crippen LogP) is 5.56. The number of benzene rings is 4. The molecule has 4 rings (SSSR count). The third-order valence-corrected chi connectivity index (χ3v) is 5.24. The minimum absolute atomic E-state index is 0.0379. The van der Waals surface area contributed by atoms with Gasteiger partial charge in [0.15, 0.2) is 5.84 Å². The standard InChI is InChI=1S/C28H23FN2O4/c1-33-23-14-6-19(7-15-23)18-34-24-16-10-20(11-17-24)25-4-2-3-5-26(25)27(30)31-35-28(32)21-8-12-22(29)13-9-21/h2-17H,18H2,1H3,(H2,30,31). The average Bonchev–Trinajstić information content (AvgIpc) is 2.91. The zero-order valence-corrected chi connectivity index (χ0v) is 19.0. The number of rotatable bonds is 8. The van der Waals surface area contributed by atoms with Gasteiger partial charge in [-0.25, -0.2) is 9.18 Å². The second-order valence-corrected chi connectivity index (χ2v) is 7.57. The van der Waals surface area contributed by atoms with Gasteiger partial charge in [-0.2, -0.15) is 0 Å². The van der Waals surface area contributed by atoms with Crippen molar-refractivity contribution in [3.05, 3.63) is 120 Å². The van der Waals surface area contributed by atoms with Crippen LogP contribution >= 0.6 is 0 Å². The maximum atomic E-state index is 13.1. The highest BCUT2D eigenvalue weighted by molar-refractivity contribution is 6.03. The summed E-state index contributed by atoms with van der Waals surface area (Å²) in [4.78, 5) is 17.1. The molecule has 6 nitrogen and oxygen atoms in total. The molecule has 7 heteroatoms. The number of ether oxygens (including phenoxy) is 2. The summed E-state index contributed by atoms with van der Waals surface area (Å²) in [5, 5.41) is 3.79. The summed E-state index contributed by atoms with van der Waals surface area (Å²) < 4.78 is 24.1. The lowest BCUT2D eigenvalue weighted by atomic mass is 9.99. The average molecular weight is 471 g/mol. The Morgan fingerprint density at radius 3 is 2.20 bits per heavy atom. The molecule has 0 amide bonds. The third-order valence-electron chi connectivity index (χ3n) is 5.24. The Hall–Kier alpha value is -4.65. The van der Waals surface area contributed by atoms with Crippen molar-refractivity contribution < 1.29 is 23.5 Å². The number of halogens is 1. The fourth-order valence-corrected chi connectivity index (χ4v) is 3.36. The van der Waals surface area contributed by atoms with Crippen molar-refractivity contribution in [1.82, 2.24) is 0 Å². The van der Waals surface area contributed by atoms with E-state index in [0.29, 0.717) is 12.2 Å². The first-order chi connectivity index (χ1) is 17.0. The van der Waals surface area contributed by atoms with Crippen molar-refractivity contribution in [2.45, 2.75) is 6.61 Å². The highest BCUT2D eigenvalue weighted by atomic mass is 19.1. The molecule has 0 spiro atoms. The van der Waals surface area contributed by atoms with Crippen LogP contribution in [0, 0.1) is 5.82 Å².